The first-order chi connectivity index (χ1) is 12.5. The highest BCUT2D eigenvalue weighted by molar-refractivity contribution is 7.56. The maximum absolute atomic E-state index is 13.5. The van der Waals surface area contributed by atoms with Crippen LogP contribution in [0.25, 0.3) is 0 Å². The van der Waals surface area contributed by atoms with Gasteiger partial charge in [0.1, 0.15) is 17.3 Å². The largest absolute Gasteiger partial charge is 0.542 e. The van der Waals surface area contributed by atoms with Crippen molar-refractivity contribution in [2.45, 2.75) is 13.8 Å². The molecule has 0 bridgehead atoms. The average Bonchev–Trinajstić information content (AvgIpc) is 2.61. The lowest BCUT2D eigenvalue weighted by Crippen LogP contribution is -2.11. The molecule has 3 rings (SSSR count). The van der Waals surface area contributed by atoms with Crippen molar-refractivity contribution < 1.29 is 13.6 Å². The van der Waals surface area contributed by atoms with E-state index in [0.29, 0.717) is 22.3 Å². The minimum atomic E-state index is -3.81. The highest BCUT2D eigenvalue weighted by Gasteiger charge is 2.30. The zero-order chi connectivity index (χ0) is 18.6. The van der Waals surface area contributed by atoms with Gasteiger partial charge < -0.3 is 9.05 Å². The molecule has 0 spiro atoms. The number of hydrogen-bond acceptors (Lipinski definition) is 4. The summed E-state index contributed by atoms with van der Waals surface area (Å²) in [6.45, 7) is 3.74. The van der Waals surface area contributed by atoms with E-state index in [1.807, 2.05) is 38.1 Å². The summed E-state index contributed by atoms with van der Waals surface area (Å²) in [4.78, 5) is 4.12. The van der Waals surface area contributed by atoms with E-state index >= 15 is 0 Å². The summed E-state index contributed by atoms with van der Waals surface area (Å²) in [6.07, 6.45) is 1.45. The van der Waals surface area contributed by atoms with E-state index in [9.17, 15) is 4.57 Å². The van der Waals surface area contributed by atoms with E-state index in [4.69, 9.17) is 20.6 Å². The Hall–Kier alpha value is -2.49. The second-order valence-electron chi connectivity index (χ2n) is 5.68. The monoisotopic (exact) mass is 388 g/mol. The molecule has 1 N–H and O–H groups in total. The zero-order valence-electron chi connectivity index (χ0n) is 14.3. The Morgan fingerprint density at radius 2 is 1.42 bits per heavy atom. The summed E-state index contributed by atoms with van der Waals surface area (Å²) in [5.41, 5.74) is 1.68. The first kappa shape index (κ1) is 18.3. The first-order valence-electron chi connectivity index (χ1n) is 7.95. The molecule has 0 saturated carbocycles. The number of anilines is 1. The number of aryl methyl sites for hydroxylation is 2. The molecule has 0 saturated heterocycles. The van der Waals surface area contributed by atoms with Gasteiger partial charge in [-0.2, -0.15) is 0 Å². The summed E-state index contributed by atoms with van der Waals surface area (Å²) >= 11 is 5.86. The van der Waals surface area contributed by atoms with Crippen molar-refractivity contribution in [3.8, 4) is 11.5 Å². The van der Waals surface area contributed by atoms with Crippen LogP contribution in [0.1, 0.15) is 11.1 Å². The molecule has 0 fully saturated rings. The second kappa shape index (κ2) is 7.81. The Bertz CT molecular complexity index is 896. The molecule has 2 aromatic carbocycles. The third-order valence-corrected chi connectivity index (χ3v) is 5.20. The van der Waals surface area contributed by atoms with Gasteiger partial charge in [0.15, 0.2) is 0 Å². The highest BCUT2D eigenvalue weighted by Crippen LogP contribution is 2.49. The molecular weight excluding hydrogens is 371 g/mol. The van der Waals surface area contributed by atoms with Crippen molar-refractivity contribution in [3.05, 3.63) is 83.0 Å². The number of hydrogen-bond donors (Lipinski definition) is 1. The fourth-order valence-electron chi connectivity index (χ4n) is 2.22. The number of pyridine rings is 1. The highest BCUT2D eigenvalue weighted by atomic mass is 35.5. The van der Waals surface area contributed by atoms with Crippen molar-refractivity contribution in [2.24, 2.45) is 0 Å². The zero-order valence-corrected chi connectivity index (χ0v) is 16.0. The van der Waals surface area contributed by atoms with Gasteiger partial charge >= 0.3 is 7.75 Å². The second-order valence-corrected chi connectivity index (χ2v) is 7.70. The lowest BCUT2D eigenvalue weighted by atomic mass is 10.2. The molecule has 5 nitrogen and oxygen atoms in total. The van der Waals surface area contributed by atoms with Crippen LogP contribution in [0.3, 0.4) is 0 Å². The molecule has 0 aliphatic rings. The third-order valence-electron chi connectivity index (χ3n) is 3.60. The molecule has 0 unspecified atom stereocenters. The minimum absolute atomic E-state index is 0.333. The lowest BCUT2D eigenvalue weighted by molar-refractivity contribution is 0.390. The van der Waals surface area contributed by atoms with E-state index in [0.717, 1.165) is 11.1 Å². The predicted molar refractivity (Wildman–Crippen MR) is 104 cm³/mol. The molecule has 1 aromatic heterocycles. The van der Waals surface area contributed by atoms with Gasteiger partial charge in [-0.1, -0.05) is 48.0 Å². The molecule has 0 radical (unpaired) electrons. The van der Waals surface area contributed by atoms with Crippen LogP contribution in [0.4, 0.5) is 5.82 Å². The standard InChI is InChI=1S/C19H18ClN2O3P/c1-14-7-3-5-9-17(14)24-26(23,22-19-12-11-16(20)13-21-19)25-18-10-6-4-8-15(18)2/h3-13H,1-2H3,(H,21,22,23). The number of rotatable bonds is 6. The summed E-state index contributed by atoms with van der Waals surface area (Å²) in [5, 5.41) is 3.25. The van der Waals surface area contributed by atoms with E-state index < -0.39 is 7.75 Å². The van der Waals surface area contributed by atoms with Crippen LogP contribution in [0, 0.1) is 13.8 Å². The average molecular weight is 389 g/mol. The SMILES string of the molecule is Cc1ccccc1OP(=O)(Nc1ccc(Cl)cn1)Oc1ccccc1C. The summed E-state index contributed by atoms with van der Waals surface area (Å²) in [5.74, 6) is 1.26. The van der Waals surface area contributed by atoms with Crippen molar-refractivity contribution in [1.82, 2.24) is 4.98 Å². The van der Waals surface area contributed by atoms with Crippen LogP contribution in [0.15, 0.2) is 66.9 Å². The smallest absolute Gasteiger partial charge is 0.400 e. The molecule has 0 aliphatic heterocycles. The number of benzene rings is 2. The van der Waals surface area contributed by atoms with Crippen LogP contribution in [-0.4, -0.2) is 4.98 Å². The molecule has 26 heavy (non-hydrogen) atoms. The molecule has 0 atom stereocenters. The fourth-order valence-corrected chi connectivity index (χ4v) is 3.80. The number of para-hydroxylation sites is 2. The van der Waals surface area contributed by atoms with Crippen LogP contribution in [-0.2, 0) is 4.57 Å². The fraction of sp³-hybridized carbons (Fsp3) is 0.105. The maximum Gasteiger partial charge on any atom is 0.542 e. The third kappa shape index (κ3) is 4.57. The Balaban J connectivity index is 1.94. The molecule has 7 heteroatoms. The molecule has 0 aliphatic carbocycles. The van der Waals surface area contributed by atoms with Crippen molar-refractivity contribution >= 4 is 25.2 Å². The molecular formula is C19H18ClN2O3P. The van der Waals surface area contributed by atoms with Gasteiger partial charge in [-0.25, -0.2) is 9.55 Å². The summed E-state index contributed by atoms with van der Waals surface area (Å²) in [6, 6.07) is 17.8. The number of aromatic nitrogens is 1. The Kier molecular flexibility index (Phi) is 5.50. The van der Waals surface area contributed by atoms with Crippen molar-refractivity contribution in [3.63, 3.8) is 0 Å². The number of nitrogens with one attached hydrogen (secondary N) is 1. The van der Waals surface area contributed by atoms with Crippen molar-refractivity contribution in [2.75, 3.05) is 5.09 Å². The van der Waals surface area contributed by atoms with Crippen LogP contribution < -0.4 is 14.1 Å². The van der Waals surface area contributed by atoms with Gasteiger partial charge in [-0.15, -0.1) is 0 Å². The maximum atomic E-state index is 13.5. The minimum Gasteiger partial charge on any atom is -0.400 e. The summed E-state index contributed by atoms with van der Waals surface area (Å²) < 4.78 is 25.0. The number of halogens is 1. The van der Waals surface area contributed by atoms with E-state index in [1.165, 1.54) is 6.20 Å². The molecule has 1 heterocycles. The summed E-state index contributed by atoms with van der Waals surface area (Å²) in [7, 11) is -3.81. The van der Waals surface area contributed by atoms with Gasteiger partial charge in [0.2, 0.25) is 0 Å². The quantitative estimate of drug-likeness (QED) is 0.522. The first-order valence-corrected chi connectivity index (χ1v) is 9.88. The van der Waals surface area contributed by atoms with Gasteiger partial charge in [-0.05, 0) is 49.2 Å². The molecule has 134 valence electrons. The van der Waals surface area contributed by atoms with E-state index in [2.05, 4.69) is 10.1 Å². The van der Waals surface area contributed by atoms with Gasteiger partial charge in [0, 0.05) is 6.20 Å². The molecule has 3 aromatic rings. The normalized spacial score (nSPS) is 11.0. The topological polar surface area (TPSA) is 60.5 Å². The van der Waals surface area contributed by atoms with Gasteiger partial charge in [0.25, 0.3) is 0 Å². The van der Waals surface area contributed by atoms with E-state index in [1.54, 1.807) is 36.4 Å². The van der Waals surface area contributed by atoms with Crippen LogP contribution >= 0.6 is 19.3 Å². The Morgan fingerprint density at radius 1 is 0.885 bits per heavy atom. The Labute approximate surface area is 157 Å². The van der Waals surface area contributed by atoms with Gasteiger partial charge in [-0.3, -0.25) is 5.09 Å². The Morgan fingerprint density at radius 3 is 1.88 bits per heavy atom. The van der Waals surface area contributed by atoms with E-state index in [-0.39, 0.29) is 0 Å². The molecule has 0 amide bonds. The predicted octanol–water partition coefficient (Wildman–Crippen LogP) is 6.03. The number of nitrogens with zero attached hydrogens (tertiary/aromatic N) is 1. The lowest BCUT2D eigenvalue weighted by Gasteiger charge is -2.22. The van der Waals surface area contributed by atoms with Crippen molar-refractivity contribution in [1.29, 1.82) is 0 Å². The van der Waals surface area contributed by atoms with Gasteiger partial charge in [0.05, 0.1) is 5.02 Å². The van der Waals surface area contributed by atoms with Crippen LogP contribution in [0.5, 0.6) is 11.5 Å². The van der Waals surface area contributed by atoms with Crippen LogP contribution in [0.2, 0.25) is 5.02 Å².